The maximum atomic E-state index is 12.8. The molecule has 2 aromatic carbocycles. The summed E-state index contributed by atoms with van der Waals surface area (Å²) >= 11 is 1.47. The smallest absolute Gasteiger partial charge is 0.202 e. The number of aromatic nitrogens is 1. The molecule has 2 heterocycles. The maximum Gasteiger partial charge on any atom is 0.202 e. The molecular weight excluding hydrogens is 382 g/mol. The summed E-state index contributed by atoms with van der Waals surface area (Å²) in [6, 6.07) is 24.6. The monoisotopic (exact) mass is 401 g/mol. The van der Waals surface area contributed by atoms with Gasteiger partial charge in [0, 0.05) is 16.1 Å². The highest BCUT2D eigenvalue weighted by molar-refractivity contribution is 7.14. The number of H-pyrrole nitrogens is 1. The van der Waals surface area contributed by atoms with Crippen LogP contribution in [0, 0.1) is 0 Å². The summed E-state index contributed by atoms with van der Waals surface area (Å²) in [5.41, 5.74) is 3.14. The molecule has 1 N–H and O–H groups in total. The van der Waals surface area contributed by atoms with Gasteiger partial charge in [0.2, 0.25) is 5.78 Å². The number of rotatable bonds is 7. The summed E-state index contributed by atoms with van der Waals surface area (Å²) in [6.45, 7) is 0. The van der Waals surface area contributed by atoms with Crippen LogP contribution in [0.25, 0.3) is 0 Å². The number of ether oxygens (including phenoxy) is 1. The zero-order valence-electron chi connectivity index (χ0n) is 15.8. The van der Waals surface area contributed by atoms with E-state index in [1.54, 1.807) is 13.2 Å². The fraction of sp³-hybridized carbons (Fsp3) is 0.0833. The number of carbonyl (C=O) groups is 2. The Labute approximate surface area is 172 Å². The van der Waals surface area contributed by atoms with Crippen LogP contribution in [-0.2, 0) is 0 Å². The van der Waals surface area contributed by atoms with Gasteiger partial charge in [-0.3, -0.25) is 9.59 Å². The van der Waals surface area contributed by atoms with E-state index in [0.29, 0.717) is 16.1 Å². The number of nitrogens with one attached hydrogen (secondary N) is 1. The largest absolute Gasteiger partial charge is 0.497 e. The second kappa shape index (κ2) is 8.29. The second-order valence-electron chi connectivity index (χ2n) is 6.59. The van der Waals surface area contributed by atoms with E-state index in [1.165, 1.54) is 11.3 Å². The average molecular weight is 401 g/mol. The van der Waals surface area contributed by atoms with Crippen molar-refractivity contribution >= 4 is 23.4 Å². The molecule has 4 nitrogen and oxygen atoms in total. The van der Waals surface area contributed by atoms with E-state index in [0.717, 1.165) is 28.2 Å². The average Bonchev–Trinajstić information content (AvgIpc) is 3.45. The molecule has 1 unspecified atom stereocenters. The van der Waals surface area contributed by atoms with Crippen LogP contribution in [0.3, 0.4) is 0 Å². The quantitative estimate of drug-likeness (QED) is 0.337. The summed E-state index contributed by atoms with van der Waals surface area (Å²) in [6.07, 6.45) is 0.799. The summed E-state index contributed by atoms with van der Waals surface area (Å²) in [7, 11) is 1.63. The van der Waals surface area contributed by atoms with Crippen LogP contribution < -0.4 is 4.74 Å². The van der Waals surface area contributed by atoms with Crippen LogP contribution >= 0.6 is 11.3 Å². The van der Waals surface area contributed by atoms with Gasteiger partial charge in [-0.05, 0) is 42.0 Å². The molecule has 0 bridgehead atoms. The molecule has 0 fully saturated rings. The molecule has 0 aliphatic heterocycles. The van der Waals surface area contributed by atoms with Crippen LogP contribution in [-0.4, -0.2) is 24.2 Å². The van der Waals surface area contributed by atoms with E-state index >= 15 is 0 Å². The first-order chi connectivity index (χ1) is 14.2. The second-order valence-corrected chi connectivity index (χ2v) is 7.71. The zero-order chi connectivity index (χ0) is 20.2. The van der Waals surface area contributed by atoms with Gasteiger partial charge in [0.25, 0.3) is 0 Å². The molecule has 0 saturated carbocycles. The first-order valence-electron chi connectivity index (χ1n) is 9.17. The normalized spacial score (nSPS) is 11.8. The Hall–Kier alpha value is -3.44. The third-order valence-electron chi connectivity index (χ3n) is 4.79. The van der Waals surface area contributed by atoms with Crippen molar-refractivity contribution in [3.05, 3.63) is 111 Å². The highest BCUT2D eigenvalue weighted by Crippen LogP contribution is 2.36. The summed E-state index contributed by atoms with van der Waals surface area (Å²) in [4.78, 5) is 28.9. The Morgan fingerprint density at radius 3 is 2.38 bits per heavy atom. The molecule has 0 radical (unpaired) electrons. The van der Waals surface area contributed by atoms with Gasteiger partial charge in [0.05, 0.1) is 23.6 Å². The maximum absolute atomic E-state index is 12.8. The van der Waals surface area contributed by atoms with Crippen molar-refractivity contribution < 1.29 is 14.3 Å². The van der Waals surface area contributed by atoms with Gasteiger partial charge in [-0.2, -0.15) is 0 Å². The van der Waals surface area contributed by atoms with E-state index in [1.807, 2.05) is 72.8 Å². The number of ketones is 1. The Morgan fingerprint density at radius 2 is 1.72 bits per heavy atom. The standard InChI is InChI=1S/C24H19NO3S/c1-28-19-10-7-16(8-11-19)23(20-12-9-18(15-26)25-20)21-13-14-22(29-21)24(27)17-5-3-2-4-6-17/h2-15,23,25H,1H3. The van der Waals surface area contributed by atoms with Crippen molar-refractivity contribution in [1.29, 1.82) is 0 Å². The molecule has 2 aromatic heterocycles. The lowest BCUT2D eigenvalue weighted by molar-refractivity contribution is 0.104. The molecule has 5 heteroatoms. The molecule has 0 aliphatic carbocycles. The number of aromatic amines is 1. The van der Waals surface area contributed by atoms with Gasteiger partial charge in [0.1, 0.15) is 5.75 Å². The van der Waals surface area contributed by atoms with Gasteiger partial charge < -0.3 is 9.72 Å². The highest BCUT2D eigenvalue weighted by atomic mass is 32.1. The molecule has 1 atom stereocenters. The SMILES string of the molecule is COc1ccc(C(c2ccc(C=O)[nH]2)c2ccc(C(=O)c3ccccc3)s2)cc1. The van der Waals surface area contributed by atoms with Crippen molar-refractivity contribution in [3.8, 4) is 5.75 Å². The van der Waals surface area contributed by atoms with Gasteiger partial charge in [-0.1, -0.05) is 42.5 Å². The summed E-state index contributed by atoms with van der Waals surface area (Å²) in [5.74, 6) is 0.672. The van der Waals surface area contributed by atoms with Crippen LogP contribution in [0.4, 0.5) is 0 Å². The highest BCUT2D eigenvalue weighted by Gasteiger charge is 2.22. The molecule has 0 amide bonds. The van der Waals surface area contributed by atoms with Crippen LogP contribution in [0.15, 0.2) is 78.9 Å². The fourth-order valence-corrected chi connectivity index (χ4v) is 4.44. The zero-order valence-corrected chi connectivity index (χ0v) is 16.6. The van der Waals surface area contributed by atoms with E-state index in [-0.39, 0.29) is 11.7 Å². The molecule has 4 rings (SSSR count). The van der Waals surface area contributed by atoms with Gasteiger partial charge >= 0.3 is 0 Å². The fourth-order valence-electron chi connectivity index (χ4n) is 3.32. The summed E-state index contributed by atoms with van der Waals surface area (Å²) < 4.78 is 5.27. The van der Waals surface area contributed by atoms with Crippen molar-refractivity contribution in [3.63, 3.8) is 0 Å². The first-order valence-corrected chi connectivity index (χ1v) is 9.99. The van der Waals surface area contributed by atoms with Crippen LogP contribution in [0.1, 0.15) is 47.8 Å². The Balaban J connectivity index is 1.74. The number of benzene rings is 2. The van der Waals surface area contributed by atoms with Crippen molar-refractivity contribution in [2.24, 2.45) is 0 Å². The number of carbonyl (C=O) groups excluding carboxylic acids is 2. The molecule has 144 valence electrons. The molecular formula is C24H19NO3S. The predicted octanol–water partition coefficient (Wildman–Crippen LogP) is 5.31. The van der Waals surface area contributed by atoms with Crippen LogP contribution in [0.5, 0.6) is 5.75 Å². The predicted molar refractivity (Wildman–Crippen MR) is 114 cm³/mol. The minimum Gasteiger partial charge on any atom is -0.497 e. The number of hydrogen-bond donors (Lipinski definition) is 1. The van der Waals surface area contributed by atoms with E-state index in [9.17, 15) is 9.59 Å². The molecule has 29 heavy (non-hydrogen) atoms. The molecule has 0 spiro atoms. The lowest BCUT2D eigenvalue weighted by atomic mass is 9.94. The number of aldehydes is 1. The lowest BCUT2D eigenvalue weighted by Crippen LogP contribution is -2.02. The topological polar surface area (TPSA) is 59.2 Å². The van der Waals surface area contributed by atoms with E-state index < -0.39 is 0 Å². The Kier molecular flexibility index (Phi) is 5.40. The minimum absolute atomic E-state index is 0.00963. The first kappa shape index (κ1) is 18.9. The summed E-state index contributed by atoms with van der Waals surface area (Å²) in [5, 5.41) is 0. The number of methoxy groups -OCH3 is 1. The molecule has 0 saturated heterocycles. The van der Waals surface area contributed by atoms with E-state index in [2.05, 4.69) is 4.98 Å². The Bertz CT molecular complexity index is 1130. The Morgan fingerprint density at radius 1 is 0.966 bits per heavy atom. The van der Waals surface area contributed by atoms with Crippen molar-refractivity contribution in [2.75, 3.05) is 7.11 Å². The third kappa shape index (κ3) is 3.91. The van der Waals surface area contributed by atoms with Crippen molar-refractivity contribution in [1.82, 2.24) is 4.98 Å². The van der Waals surface area contributed by atoms with Gasteiger partial charge in [0.15, 0.2) is 6.29 Å². The van der Waals surface area contributed by atoms with Crippen LogP contribution in [0.2, 0.25) is 0 Å². The van der Waals surface area contributed by atoms with Gasteiger partial charge in [-0.25, -0.2) is 0 Å². The third-order valence-corrected chi connectivity index (χ3v) is 5.94. The minimum atomic E-state index is -0.114. The molecule has 0 aliphatic rings. The van der Waals surface area contributed by atoms with E-state index in [4.69, 9.17) is 4.74 Å². The number of thiophene rings is 1. The molecule has 4 aromatic rings. The number of hydrogen-bond acceptors (Lipinski definition) is 4. The van der Waals surface area contributed by atoms with Gasteiger partial charge in [-0.15, -0.1) is 11.3 Å². The lowest BCUT2D eigenvalue weighted by Gasteiger charge is -2.15. The van der Waals surface area contributed by atoms with Crippen molar-refractivity contribution in [2.45, 2.75) is 5.92 Å².